The van der Waals surface area contributed by atoms with Gasteiger partial charge in [0, 0.05) is 17.6 Å². The predicted molar refractivity (Wildman–Crippen MR) is 78.1 cm³/mol. The molecule has 2 unspecified atom stereocenters. The number of piperidine rings is 1. The van der Waals surface area contributed by atoms with E-state index in [1.807, 2.05) is 12.5 Å². The third-order valence-corrected chi connectivity index (χ3v) is 3.97. The highest BCUT2D eigenvalue weighted by molar-refractivity contribution is 5.60. The highest BCUT2D eigenvalue weighted by Crippen LogP contribution is 2.28. The maximum absolute atomic E-state index is 4.37. The number of nitrogens with zero attached hydrogens (tertiary/aromatic N) is 2. The van der Waals surface area contributed by atoms with E-state index in [1.165, 1.54) is 29.7 Å². The first-order chi connectivity index (χ1) is 9.24. The Balaban J connectivity index is 1.94. The van der Waals surface area contributed by atoms with Crippen LogP contribution in [0.25, 0.3) is 11.3 Å². The van der Waals surface area contributed by atoms with Crippen molar-refractivity contribution in [1.29, 1.82) is 0 Å². The Morgan fingerprint density at radius 3 is 3.05 bits per heavy atom. The summed E-state index contributed by atoms with van der Waals surface area (Å²) >= 11 is 0. The number of hydrogen-bond acceptors (Lipinski definition) is 2. The molecule has 1 N–H and O–H groups in total. The van der Waals surface area contributed by atoms with Crippen LogP contribution in [0, 0.1) is 6.92 Å². The van der Waals surface area contributed by atoms with Gasteiger partial charge in [0.1, 0.15) is 0 Å². The summed E-state index contributed by atoms with van der Waals surface area (Å²) in [7, 11) is 0. The van der Waals surface area contributed by atoms with Gasteiger partial charge in [0.15, 0.2) is 0 Å². The number of imidazole rings is 1. The summed E-state index contributed by atoms with van der Waals surface area (Å²) in [6.07, 6.45) is 6.33. The maximum atomic E-state index is 4.37. The van der Waals surface area contributed by atoms with Crippen molar-refractivity contribution in [3.8, 4) is 11.3 Å². The van der Waals surface area contributed by atoms with Gasteiger partial charge < -0.3 is 9.88 Å². The van der Waals surface area contributed by atoms with Crippen LogP contribution in [-0.2, 0) is 0 Å². The zero-order valence-corrected chi connectivity index (χ0v) is 11.6. The van der Waals surface area contributed by atoms with Crippen molar-refractivity contribution in [3.63, 3.8) is 0 Å². The van der Waals surface area contributed by atoms with Crippen LogP contribution >= 0.6 is 0 Å². The number of benzene rings is 1. The molecule has 3 heteroatoms. The van der Waals surface area contributed by atoms with Crippen LogP contribution in [0.4, 0.5) is 0 Å². The lowest BCUT2D eigenvalue weighted by Crippen LogP contribution is -2.36. The topological polar surface area (TPSA) is 29.9 Å². The lowest BCUT2D eigenvalue weighted by atomic mass is 9.99. The van der Waals surface area contributed by atoms with Crippen LogP contribution in [-0.4, -0.2) is 22.1 Å². The number of hydrogen-bond donors (Lipinski definition) is 1. The molecular weight excluding hydrogens is 234 g/mol. The molecule has 0 spiro atoms. The van der Waals surface area contributed by atoms with Crippen molar-refractivity contribution in [3.05, 3.63) is 42.4 Å². The zero-order valence-electron chi connectivity index (χ0n) is 11.6. The fourth-order valence-corrected chi connectivity index (χ4v) is 2.98. The average Bonchev–Trinajstić information content (AvgIpc) is 2.88. The summed E-state index contributed by atoms with van der Waals surface area (Å²) in [4.78, 5) is 4.37. The Labute approximate surface area is 114 Å². The van der Waals surface area contributed by atoms with Crippen molar-refractivity contribution in [1.82, 2.24) is 14.9 Å². The Hall–Kier alpha value is -1.61. The molecule has 3 rings (SSSR count). The molecule has 1 aromatic heterocycles. The highest BCUT2D eigenvalue weighted by atomic mass is 15.1. The Kier molecular flexibility index (Phi) is 3.38. The smallest absolute Gasteiger partial charge is 0.0953 e. The summed E-state index contributed by atoms with van der Waals surface area (Å²) < 4.78 is 2.35. The summed E-state index contributed by atoms with van der Waals surface area (Å²) in [5.74, 6) is 0. The lowest BCUT2D eigenvalue weighted by Gasteiger charge is -2.30. The van der Waals surface area contributed by atoms with Crippen molar-refractivity contribution in [2.75, 3.05) is 6.54 Å². The number of aromatic nitrogens is 2. The number of nitrogens with one attached hydrogen (secondary N) is 1. The van der Waals surface area contributed by atoms with E-state index in [1.54, 1.807) is 0 Å². The third kappa shape index (κ3) is 2.56. The summed E-state index contributed by atoms with van der Waals surface area (Å²) in [5.41, 5.74) is 3.80. The maximum Gasteiger partial charge on any atom is 0.0953 e. The van der Waals surface area contributed by atoms with Gasteiger partial charge in [-0.05, 0) is 39.3 Å². The summed E-state index contributed by atoms with van der Waals surface area (Å²) in [5, 5.41) is 3.51. The molecule has 19 heavy (non-hydrogen) atoms. The minimum absolute atomic E-state index is 0.564. The van der Waals surface area contributed by atoms with Gasteiger partial charge in [-0.25, -0.2) is 4.98 Å². The van der Waals surface area contributed by atoms with Crippen LogP contribution < -0.4 is 5.32 Å². The van der Waals surface area contributed by atoms with E-state index in [2.05, 4.69) is 53.0 Å². The molecule has 1 aliphatic rings. The number of aryl methyl sites for hydroxylation is 1. The summed E-state index contributed by atoms with van der Waals surface area (Å²) in [6.45, 7) is 5.49. The largest absolute Gasteiger partial charge is 0.327 e. The third-order valence-electron chi connectivity index (χ3n) is 3.97. The van der Waals surface area contributed by atoms with E-state index in [4.69, 9.17) is 0 Å². The molecule has 0 aliphatic carbocycles. The molecule has 2 atom stereocenters. The molecular formula is C16H21N3. The second-order valence-electron chi connectivity index (χ2n) is 5.59. The van der Waals surface area contributed by atoms with E-state index in [0.717, 1.165) is 6.54 Å². The Bertz CT molecular complexity index is 559. The molecule has 1 fully saturated rings. The first-order valence-corrected chi connectivity index (χ1v) is 7.06. The first-order valence-electron chi connectivity index (χ1n) is 7.06. The average molecular weight is 255 g/mol. The second-order valence-corrected chi connectivity index (χ2v) is 5.59. The van der Waals surface area contributed by atoms with Gasteiger partial charge in [-0.2, -0.15) is 0 Å². The van der Waals surface area contributed by atoms with Crippen molar-refractivity contribution < 1.29 is 0 Å². The van der Waals surface area contributed by atoms with Gasteiger partial charge in [0.05, 0.1) is 18.2 Å². The van der Waals surface area contributed by atoms with Crippen molar-refractivity contribution >= 4 is 0 Å². The highest BCUT2D eigenvalue weighted by Gasteiger charge is 2.21. The molecule has 2 aromatic rings. The quantitative estimate of drug-likeness (QED) is 0.893. The van der Waals surface area contributed by atoms with E-state index >= 15 is 0 Å². The van der Waals surface area contributed by atoms with E-state index < -0.39 is 0 Å². The molecule has 0 bridgehead atoms. The second kappa shape index (κ2) is 5.17. The minimum atomic E-state index is 0.564. The van der Waals surface area contributed by atoms with Gasteiger partial charge in [-0.1, -0.05) is 23.8 Å². The van der Waals surface area contributed by atoms with Crippen LogP contribution in [0.15, 0.2) is 36.8 Å². The van der Waals surface area contributed by atoms with E-state index in [-0.39, 0.29) is 0 Å². The van der Waals surface area contributed by atoms with Crippen LogP contribution in [0.2, 0.25) is 0 Å². The van der Waals surface area contributed by atoms with Gasteiger partial charge in [0.25, 0.3) is 0 Å². The van der Waals surface area contributed by atoms with Gasteiger partial charge in [0.2, 0.25) is 0 Å². The van der Waals surface area contributed by atoms with Crippen LogP contribution in [0.5, 0.6) is 0 Å². The van der Waals surface area contributed by atoms with Crippen LogP contribution in [0.3, 0.4) is 0 Å². The SMILES string of the molecule is Cc1cccc(-c2cncn2C2CCNC(C)C2)c1. The lowest BCUT2D eigenvalue weighted by molar-refractivity contribution is 0.315. The normalized spacial score (nSPS) is 23.5. The van der Waals surface area contributed by atoms with E-state index in [9.17, 15) is 0 Å². The molecule has 0 amide bonds. The molecule has 1 saturated heterocycles. The van der Waals surface area contributed by atoms with Crippen molar-refractivity contribution in [2.45, 2.75) is 38.8 Å². The summed E-state index contributed by atoms with van der Waals surface area (Å²) in [6, 6.07) is 9.81. The van der Waals surface area contributed by atoms with Crippen LogP contribution in [0.1, 0.15) is 31.4 Å². The molecule has 1 aromatic carbocycles. The molecule has 1 aliphatic heterocycles. The predicted octanol–water partition coefficient (Wildman–Crippen LogP) is 3.17. The Morgan fingerprint density at radius 1 is 1.37 bits per heavy atom. The standard InChI is InChI=1S/C16H21N3/c1-12-4-3-5-14(8-12)16-10-17-11-19(16)15-6-7-18-13(2)9-15/h3-5,8,10-11,13,15,18H,6-7,9H2,1-2H3. The minimum Gasteiger partial charge on any atom is -0.327 e. The van der Waals surface area contributed by atoms with Gasteiger partial charge in [-0.3, -0.25) is 0 Å². The van der Waals surface area contributed by atoms with E-state index in [0.29, 0.717) is 12.1 Å². The van der Waals surface area contributed by atoms with Gasteiger partial charge >= 0.3 is 0 Å². The molecule has 0 radical (unpaired) electrons. The first kappa shape index (κ1) is 12.4. The monoisotopic (exact) mass is 255 g/mol. The Morgan fingerprint density at radius 2 is 2.26 bits per heavy atom. The fraction of sp³-hybridized carbons (Fsp3) is 0.438. The zero-order chi connectivity index (χ0) is 13.2. The molecule has 3 nitrogen and oxygen atoms in total. The van der Waals surface area contributed by atoms with Gasteiger partial charge in [-0.15, -0.1) is 0 Å². The van der Waals surface area contributed by atoms with Crippen molar-refractivity contribution in [2.24, 2.45) is 0 Å². The molecule has 2 heterocycles. The molecule has 100 valence electrons. The number of rotatable bonds is 2. The fourth-order valence-electron chi connectivity index (χ4n) is 2.98. The molecule has 0 saturated carbocycles.